The van der Waals surface area contributed by atoms with Crippen molar-refractivity contribution in [3.05, 3.63) is 53.6 Å². The minimum atomic E-state index is -4.52. The van der Waals surface area contributed by atoms with Crippen molar-refractivity contribution in [3.63, 3.8) is 0 Å². The zero-order chi connectivity index (χ0) is 22.2. The highest BCUT2D eigenvalue weighted by Gasteiger charge is 2.39. The first-order valence-corrected chi connectivity index (χ1v) is 9.99. The van der Waals surface area contributed by atoms with Gasteiger partial charge in [-0.1, -0.05) is 23.9 Å². The van der Waals surface area contributed by atoms with Gasteiger partial charge in [-0.05, 0) is 35.9 Å². The largest absolute Gasteiger partial charge is 0.454 e. The summed E-state index contributed by atoms with van der Waals surface area (Å²) in [5, 5.41) is -0.607. The monoisotopic (exact) mass is 451 g/mol. The number of carbonyl (C=O) groups is 2. The molecule has 162 valence electrons. The molecular weight excluding hydrogens is 435 g/mol. The summed E-state index contributed by atoms with van der Waals surface area (Å²) < 4.78 is 49.7. The Bertz CT molecular complexity index is 1070. The second-order valence-corrected chi connectivity index (χ2v) is 8.00. The first-order chi connectivity index (χ1) is 14.7. The van der Waals surface area contributed by atoms with E-state index >= 15 is 0 Å². The van der Waals surface area contributed by atoms with E-state index in [2.05, 4.69) is 4.99 Å². The van der Waals surface area contributed by atoms with Crippen LogP contribution in [0.4, 0.5) is 18.9 Å². The average Bonchev–Trinajstić information content (AvgIpc) is 3.27. The number of hydrogen-bond donors (Lipinski definition) is 1. The molecule has 0 unspecified atom stereocenters. The summed E-state index contributed by atoms with van der Waals surface area (Å²) >= 11 is 0.996. The van der Waals surface area contributed by atoms with Crippen LogP contribution in [0.15, 0.2) is 47.5 Å². The molecule has 0 aliphatic carbocycles. The highest BCUT2D eigenvalue weighted by atomic mass is 32.2. The van der Waals surface area contributed by atoms with Gasteiger partial charge in [0.1, 0.15) is 5.25 Å². The molecule has 4 rings (SSSR count). The number of nitrogens with zero attached hydrogens (tertiary/aromatic N) is 2. The number of aliphatic imine (C=N–C) groups is 1. The Balaban J connectivity index is 1.65. The second-order valence-electron chi connectivity index (χ2n) is 6.83. The number of amidine groups is 1. The second kappa shape index (κ2) is 8.14. The fraction of sp³-hybridized carbons (Fsp3) is 0.250. The van der Waals surface area contributed by atoms with Crippen LogP contribution in [0.3, 0.4) is 0 Å². The summed E-state index contributed by atoms with van der Waals surface area (Å²) in [7, 11) is 0. The van der Waals surface area contributed by atoms with Gasteiger partial charge in [0.05, 0.1) is 17.8 Å². The quantitative estimate of drug-likeness (QED) is 0.752. The molecule has 0 saturated carbocycles. The summed E-state index contributed by atoms with van der Waals surface area (Å²) in [5.74, 6) is 0.0542. The zero-order valence-electron chi connectivity index (χ0n) is 15.9. The molecule has 0 aromatic heterocycles. The van der Waals surface area contributed by atoms with Gasteiger partial charge in [0.2, 0.25) is 18.6 Å². The van der Waals surface area contributed by atoms with Gasteiger partial charge in [-0.15, -0.1) is 0 Å². The topological polar surface area (TPSA) is 94.2 Å². The van der Waals surface area contributed by atoms with Crippen molar-refractivity contribution >= 4 is 34.4 Å². The number of alkyl halides is 3. The minimum absolute atomic E-state index is 0.0422. The highest BCUT2D eigenvalue weighted by molar-refractivity contribution is 8.15. The Morgan fingerprint density at radius 1 is 1.19 bits per heavy atom. The molecule has 31 heavy (non-hydrogen) atoms. The third-order valence-electron chi connectivity index (χ3n) is 4.58. The lowest BCUT2D eigenvalue weighted by molar-refractivity contribution is -0.137. The van der Waals surface area contributed by atoms with Crippen molar-refractivity contribution in [3.8, 4) is 11.5 Å². The molecule has 0 bridgehead atoms. The van der Waals surface area contributed by atoms with Gasteiger partial charge in [-0.3, -0.25) is 14.5 Å². The standard InChI is InChI=1S/C20H16F3N3O4S/c21-20(22,23)12-2-1-3-13(7-12)25-19-26(18(28)16(31-19)8-17(24)27)9-11-4-5-14-15(6-11)30-10-29-14/h1-7,16H,8-10H2,(H2,24,27)/t16-/m0/s1. The van der Waals surface area contributed by atoms with Crippen molar-refractivity contribution in [2.24, 2.45) is 10.7 Å². The van der Waals surface area contributed by atoms with E-state index < -0.39 is 28.8 Å². The van der Waals surface area contributed by atoms with Crippen LogP contribution in [0.1, 0.15) is 17.5 Å². The van der Waals surface area contributed by atoms with E-state index in [4.69, 9.17) is 15.2 Å². The van der Waals surface area contributed by atoms with Crippen LogP contribution in [-0.4, -0.2) is 33.9 Å². The van der Waals surface area contributed by atoms with Crippen LogP contribution in [-0.2, 0) is 22.3 Å². The predicted molar refractivity (Wildman–Crippen MR) is 107 cm³/mol. The fourth-order valence-corrected chi connectivity index (χ4v) is 4.31. The maximum Gasteiger partial charge on any atom is 0.416 e. The summed E-state index contributed by atoms with van der Waals surface area (Å²) in [4.78, 5) is 29.8. The first kappa shape index (κ1) is 21.0. The van der Waals surface area contributed by atoms with Gasteiger partial charge in [-0.2, -0.15) is 13.2 Å². The number of rotatable bonds is 5. The Morgan fingerprint density at radius 2 is 1.97 bits per heavy atom. The van der Waals surface area contributed by atoms with Crippen molar-refractivity contribution in [1.29, 1.82) is 0 Å². The van der Waals surface area contributed by atoms with E-state index in [0.29, 0.717) is 17.1 Å². The van der Waals surface area contributed by atoms with Crippen molar-refractivity contribution < 1.29 is 32.2 Å². The number of benzene rings is 2. The van der Waals surface area contributed by atoms with E-state index in [-0.39, 0.29) is 30.6 Å². The number of halogens is 3. The molecule has 7 nitrogen and oxygen atoms in total. The molecular formula is C20H16F3N3O4S. The van der Waals surface area contributed by atoms with Gasteiger partial charge in [0.15, 0.2) is 16.7 Å². The molecule has 11 heteroatoms. The van der Waals surface area contributed by atoms with E-state index in [1.807, 2.05) is 0 Å². The highest BCUT2D eigenvalue weighted by Crippen LogP contribution is 2.37. The summed E-state index contributed by atoms with van der Waals surface area (Å²) in [6, 6.07) is 9.66. The SMILES string of the molecule is NC(=O)C[C@@H]1SC(=Nc2cccc(C(F)(F)F)c2)N(Cc2ccc3c(c2)OCO3)C1=O. The normalized spacial score (nSPS) is 19.3. The van der Waals surface area contributed by atoms with Gasteiger partial charge in [0, 0.05) is 6.42 Å². The summed E-state index contributed by atoms with van der Waals surface area (Å²) in [6.45, 7) is 0.190. The lowest BCUT2D eigenvalue weighted by atomic mass is 10.1. The van der Waals surface area contributed by atoms with Crippen LogP contribution in [0, 0.1) is 0 Å². The molecule has 0 radical (unpaired) electrons. The molecule has 1 fully saturated rings. The smallest absolute Gasteiger partial charge is 0.416 e. The van der Waals surface area contributed by atoms with Gasteiger partial charge in [0.25, 0.3) is 0 Å². The number of fused-ring (bicyclic) bond motifs is 1. The van der Waals surface area contributed by atoms with Gasteiger partial charge < -0.3 is 15.2 Å². The fourth-order valence-electron chi connectivity index (χ4n) is 3.14. The van der Waals surface area contributed by atoms with Crippen molar-refractivity contribution in [1.82, 2.24) is 4.90 Å². The third kappa shape index (κ3) is 4.61. The predicted octanol–water partition coefficient (Wildman–Crippen LogP) is 3.44. The van der Waals surface area contributed by atoms with E-state index in [0.717, 1.165) is 23.9 Å². The Labute approximate surface area is 179 Å². The lowest BCUT2D eigenvalue weighted by Gasteiger charge is -2.17. The maximum atomic E-state index is 13.0. The van der Waals surface area contributed by atoms with Crippen LogP contribution in [0.5, 0.6) is 11.5 Å². The van der Waals surface area contributed by atoms with Crippen LogP contribution < -0.4 is 15.2 Å². The van der Waals surface area contributed by atoms with E-state index in [1.165, 1.54) is 17.0 Å². The average molecular weight is 451 g/mol. The molecule has 2 aliphatic heterocycles. The number of hydrogen-bond acceptors (Lipinski definition) is 6. The number of carbonyl (C=O) groups excluding carboxylic acids is 2. The number of amides is 2. The molecule has 1 saturated heterocycles. The molecule has 2 amide bonds. The van der Waals surface area contributed by atoms with Crippen LogP contribution >= 0.6 is 11.8 Å². The molecule has 0 spiro atoms. The van der Waals surface area contributed by atoms with Gasteiger partial charge >= 0.3 is 6.18 Å². The maximum absolute atomic E-state index is 13.0. The van der Waals surface area contributed by atoms with Crippen molar-refractivity contribution in [2.45, 2.75) is 24.4 Å². The van der Waals surface area contributed by atoms with E-state index in [1.54, 1.807) is 18.2 Å². The Morgan fingerprint density at radius 3 is 2.71 bits per heavy atom. The number of thioether (sulfide) groups is 1. The number of ether oxygens (including phenoxy) is 2. The lowest BCUT2D eigenvalue weighted by Crippen LogP contribution is -2.33. The van der Waals surface area contributed by atoms with Crippen molar-refractivity contribution in [2.75, 3.05) is 6.79 Å². The molecule has 2 N–H and O–H groups in total. The summed E-state index contributed by atoms with van der Waals surface area (Å²) in [6.07, 6.45) is -4.72. The first-order valence-electron chi connectivity index (χ1n) is 9.11. The zero-order valence-corrected chi connectivity index (χ0v) is 16.7. The Hall–Kier alpha value is -3.21. The van der Waals surface area contributed by atoms with E-state index in [9.17, 15) is 22.8 Å². The number of primary amides is 1. The molecule has 2 aliphatic rings. The summed E-state index contributed by atoms with van der Waals surface area (Å²) in [5.41, 5.74) is 5.14. The molecule has 2 aromatic carbocycles. The van der Waals surface area contributed by atoms with Crippen LogP contribution in [0.2, 0.25) is 0 Å². The van der Waals surface area contributed by atoms with Crippen LogP contribution in [0.25, 0.3) is 0 Å². The minimum Gasteiger partial charge on any atom is -0.454 e. The molecule has 1 atom stereocenters. The molecule has 2 aromatic rings. The Kier molecular flexibility index (Phi) is 5.52. The third-order valence-corrected chi connectivity index (χ3v) is 5.76. The van der Waals surface area contributed by atoms with Gasteiger partial charge in [-0.25, -0.2) is 4.99 Å². The molecule has 2 heterocycles. The number of nitrogens with two attached hydrogens (primary N) is 1.